The van der Waals surface area contributed by atoms with Gasteiger partial charge in [-0.2, -0.15) is 0 Å². The van der Waals surface area contributed by atoms with Gasteiger partial charge < -0.3 is 30.2 Å². The molecule has 0 fully saturated rings. The lowest BCUT2D eigenvalue weighted by Crippen LogP contribution is -2.29. The third-order valence-electron chi connectivity index (χ3n) is 7.37. The van der Waals surface area contributed by atoms with Gasteiger partial charge in [-0.3, -0.25) is 0 Å². The maximum Gasteiger partial charge on any atom is 0.227 e. The third kappa shape index (κ3) is 4.57. The van der Waals surface area contributed by atoms with Crippen LogP contribution in [-0.2, 0) is 12.0 Å². The molecule has 5 rings (SSSR count). The molecular formula is C29H37N7O. The maximum absolute atomic E-state index is 6.47. The van der Waals surface area contributed by atoms with Gasteiger partial charge in [-0.25, -0.2) is 9.97 Å². The molecule has 8 heteroatoms. The van der Waals surface area contributed by atoms with Crippen molar-refractivity contribution >= 4 is 33.9 Å². The summed E-state index contributed by atoms with van der Waals surface area (Å²) in [4.78, 5) is 13.8. The zero-order valence-corrected chi connectivity index (χ0v) is 22.7. The Labute approximate surface area is 219 Å². The third-order valence-corrected chi connectivity index (χ3v) is 7.37. The molecule has 8 nitrogen and oxygen atoms in total. The molecule has 1 aliphatic rings. The number of fused-ring (bicyclic) bond motifs is 3. The van der Waals surface area contributed by atoms with Crippen LogP contribution in [0.1, 0.15) is 26.0 Å². The summed E-state index contributed by atoms with van der Waals surface area (Å²) in [6, 6.07) is 14.5. The van der Waals surface area contributed by atoms with Gasteiger partial charge in [-0.05, 0) is 38.7 Å². The molecule has 3 heterocycles. The van der Waals surface area contributed by atoms with Crippen LogP contribution in [0.4, 0.5) is 23.0 Å². The number of likely N-dealkylation sites (N-methyl/N-ethyl adjacent to an activating group) is 2. The molecule has 0 atom stereocenters. The van der Waals surface area contributed by atoms with Gasteiger partial charge in [-0.1, -0.05) is 32.0 Å². The molecule has 0 radical (unpaired) electrons. The van der Waals surface area contributed by atoms with Crippen molar-refractivity contribution < 1.29 is 4.74 Å². The van der Waals surface area contributed by atoms with Crippen LogP contribution in [0, 0.1) is 0 Å². The molecule has 37 heavy (non-hydrogen) atoms. The minimum absolute atomic E-state index is 0.0685. The Kier molecular flexibility index (Phi) is 6.45. The number of methoxy groups -OCH3 is 1. The Morgan fingerprint density at radius 1 is 1.11 bits per heavy atom. The maximum atomic E-state index is 6.47. The topological polar surface area (TPSA) is 84.5 Å². The number of nitrogens with one attached hydrogen (secondary N) is 1. The standard InChI is InChI=1S/C29H37N7O/c1-29(2)12-14-36-23-10-8-7-9-19(23)26(27(29)36)21-11-13-31-28(32-21)33-22-17-20(30)24(18-25(22)37-6)35(5)16-15-34(3)4/h7-11,13,17-18H,12,14-16,30H2,1-6H3,(H,31,32,33). The summed E-state index contributed by atoms with van der Waals surface area (Å²) in [6.45, 7) is 7.43. The van der Waals surface area contributed by atoms with E-state index in [1.807, 2.05) is 31.4 Å². The van der Waals surface area contributed by atoms with Crippen molar-refractivity contribution in [1.82, 2.24) is 19.4 Å². The predicted octanol–water partition coefficient (Wildman–Crippen LogP) is 5.11. The highest BCUT2D eigenvalue weighted by Crippen LogP contribution is 2.46. The summed E-state index contributed by atoms with van der Waals surface area (Å²) in [5.74, 6) is 1.19. The lowest BCUT2D eigenvalue weighted by Gasteiger charge is -2.24. The molecule has 0 aliphatic carbocycles. The number of anilines is 4. The lowest BCUT2D eigenvalue weighted by atomic mass is 9.85. The first-order valence-corrected chi connectivity index (χ1v) is 12.7. The van der Waals surface area contributed by atoms with Crippen LogP contribution in [0.15, 0.2) is 48.7 Å². The molecule has 0 amide bonds. The van der Waals surface area contributed by atoms with Gasteiger partial charge in [-0.15, -0.1) is 0 Å². The number of aryl methyl sites for hydroxylation is 1. The quantitative estimate of drug-likeness (QED) is 0.326. The number of ether oxygens (including phenoxy) is 1. The monoisotopic (exact) mass is 499 g/mol. The van der Waals surface area contributed by atoms with Gasteiger partial charge in [0.15, 0.2) is 0 Å². The fraction of sp³-hybridized carbons (Fsp3) is 0.379. The van der Waals surface area contributed by atoms with Gasteiger partial charge in [0.25, 0.3) is 0 Å². The number of rotatable bonds is 8. The molecule has 0 saturated carbocycles. The number of hydrogen-bond acceptors (Lipinski definition) is 7. The molecule has 0 spiro atoms. The van der Waals surface area contributed by atoms with Crippen molar-refractivity contribution in [2.75, 3.05) is 57.3 Å². The molecule has 0 unspecified atom stereocenters. The molecule has 0 bridgehead atoms. The van der Waals surface area contributed by atoms with Crippen molar-refractivity contribution in [3.8, 4) is 17.0 Å². The van der Waals surface area contributed by atoms with E-state index in [2.05, 4.69) is 76.9 Å². The minimum atomic E-state index is 0.0685. The summed E-state index contributed by atoms with van der Waals surface area (Å²) in [7, 11) is 7.82. The van der Waals surface area contributed by atoms with Crippen LogP contribution >= 0.6 is 0 Å². The van der Waals surface area contributed by atoms with Gasteiger partial charge in [0.2, 0.25) is 5.95 Å². The number of aromatic nitrogens is 3. The zero-order valence-electron chi connectivity index (χ0n) is 22.7. The van der Waals surface area contributed by atoms with Crippen molar-refractivity contribution in [2.45, 2.75) is 32.2 Å². The van der Waals surface area contributed by atoms with Crippen LogP contribution in [0.2, 0.25) is 0 Å². The summed E-state index contributed by atoms with van der Waals surface area (Å²) >= 11 is 0. The van der Waals surface area contributed by atoms with E-state index >= 15 is 0 Å². The average Bonchev–Trinajstić information content (AvgIpc) is 3.37. The van der Waals surface area contributed by atoms with Crippen molar-refractivity contribution in [2.24, 2.45) is 0 Å². The first-order chi connectivity index (χ1) is 17.7. The minimum Gasteiger partial charge on any atom is -0.494 e. The fourth-order valence-electron chi connectivity index (χ4n) is 5.34. The van der Waals surface area contributed by atoms with E-state index in [1.54, 1.807) is 7.11 Å². The normalized spacial score (nSPS) is 14.2. The highest BCUT2D eigenvalue weighted by molar-refractivity contribution is 5.98. The Hall–Kier alpha value is -3.78. The average molecular weight is 500 g/mol. The second-order valence-corrected chi connectivity index (χ2v) is 10.8. The van der Waals surface area contributed by atoms with E-state index in [4.69, 9.17) is 15.5 Å². The summed E-state index contributed by atoms with van der Waals surface area (Å²) in [6.07, 6.45) is 2.92. The smallest absolute Gasteiger partial charge is 0.227 e. The number of benzene rings is 2. The molecule has 0 saturated heterocycles. The Morgan fingerprint density at radius 2 is 1.89 bits per heavy atom. The number of para-hydroxylation sites is 1. The van der Waals surface area contributed by atoms with Gasteiger partial charge in [0, 0.05) is 66.5 Å². The van der Waals surface area contributed by atoms with Crippen LogP contribution in [0.3, 0.4) is 0 Å². The highest BCUT2D eigenvalue weighted by Gasteiger charge is 2.36. The van der Waals surface area contributed by atoms with E-state index < -0.39 is 0 Å². The first-order valence-electron chi connectivity index (χ1n) is 12.7. The Balaban J connectivity index is 1.51. The molecule has 3 N–H and O–H groups in total. The van der Waals surface area contributed by atoms with E-state index in [0.29, 0.717) is 17.4 Å². The van der Waals surface area contributed by atoms with E-state index in [0.717, 1.165) is 43.1 Å². The molecule has 4 aromatic rings. The van der Waals surface area contributed by atoms with E-state index in [9.17, 15) is 0 Å². The van der Waals surface area contributed by atoms with Crippen LogP contribution < -0.4 is 20.7 Å². The number of nitrogens with zero attached hydrogens (tertiary/aromatic N) is 5. The number of hydrogen-bond donors (Lipinski definition) is 2. The van der Waals surface area contributed by atoms with Crippen LogP contribution in [0.25, 0.3) is 22.2 Å². The summed E-state index contributed by atoms with van der Waals surface area (Å²) in [5, 5.41) is 4.58. The van der Waals surface area contributed by atoms with Crippen molar-refractivity contribution in [1.29, 1.82) is 0 Å². The first kappa shape index (κ1) is 24.9. The fourth-order valence-corrected chi connectivity index (χ4v) is 5.34. The number of nitrogens with two attached hydrogens (primary N) is 1. The zero-order chi connectivity index (χ0) is 26.3. The number of nitrogen functional groups attached to an aromatic ring is 1. The van der Waals surface area contributed by atoms with E-state index in [1.165, 1.54) is 22.2 Å². The van der Waals surface area contributed by atoms with Gasteiger partial charge in [0.05, 0.1) is 29.9 Å². The predicted molar refractivity (Wildman–Crippen MR) is 153 cm³/mol. The van der Waals surface area contributed by atoms with Crippen molar-refractivity contribution in [3.63, 3.8) is 0 Å². The lowest BCUT2D eigenvalue weighted by molar-refractivity contribution is 0.413. The largest absolute Gasteiger partial charge is 0.494 e. The summed E-state index contributed by atoms with van der Waals surface area (Å²) in [5.41, 5.74) is 13.6. The molecule has 2 aromatic carbocycles. The van der Waals surface area contributed by atoms with Crippen LogP contribution in [-0.4, -0.2) is 60.8 Å². The Morgan fingerprint density at radius 3 is 2.65 bits per heavy atom. The molecule has 194 valence electrons. The van der Waals surface area contributed by atoms with Gasteiger partial charge in [0.1, 0.15) is 5.75 Å². The van der Waals surface area contributed by atoms with Crippen molar-refractivity contribution in [3.05, 3.63) is 54.4 Å². The molecule has 2 aromatic heterocycles. The molecular weight excluding hydrogens is 462 g/mol. The Bertz CT molecular complexity index is 1440. The second-order valence-electron chi connectivity index (χ2n) is 10.8. The second kappa shape index (κ2) is 9.59. The highest BCUT2D eigenvalue weighted by atomic mass is 16.5. The van der Waals surface area contributed by atoms with Crippen LogP contribution in [0.5, 0.6) is 5.75 Å². The SMILES string of the molecule is COc1cc(N(C)CCN(C)C)c(N)cc1Nc1nccc(-c2c3n(c4ccccc24)CCC3(C)C)n1. The molecule has 1 aliphatic heterocycles. The van der Waals surface area contributed by atoms with Gasteiger partial charge >= 0.3 is 0 Å². The van der Waals surface area contributed by atoms with E-state index in [-0.39, 0.29) is 5.41 Å². The summed E-state index contributed by atoms with van der Waals surface area (Å²) < 4.78 is 8.18.